The van der Waals surface area contributed by atoms with Crippen molar-refractivity contribution in [1.82, 2.24) is 14.9 Å². The molecule has 228 valence electrons. The molecular weight excluding hydrogens is 598 g/mol. The molecule has 1 fully saturated rings. The smallest absolute Gasteiger partial charge is 0.410 e. The molecule has 3 amide bonds. The van der Waals surface area contributed by atoms with Crippen LogP contribution in [0.4, 0.5) is 16.3 Å². The van der Waals surface area contributed by atoms with E-state index in [-0.39, 0.29) is 33.4 Å². The molecule has 0 saturated carbocycles. The van der Waals surface area contributed by atoms with Crippen molar-refractivity contribution in [3.8, 4) is 5.75 Å². The number of hydrogen-bond donors (Lipinski definition) is 2. The normalized spacial score (nSPS) is 14.1. The largest absolute Gasteiger partial charge is 0.489 e. The maximum absolute atomic E-state index is 13.5. The fraction of sp³-hybridized carbons (Fsp3) is 0.345. The maximum atomic E-state index is 13.5. The van der Waals surface area contributed by atoms with Gasteiger partial charge < -0.3 is 25.0 Å². The predicted molar refractivity (Wildman–Crippen MR) is 160 cm³/mol. The number of anilines is 2. The van der Waals surface area contributed by atoms with Gasteiger partial charge in [0.25, 0.3) is 11.8 Å². The summed E-state index contributed by atoms with van der Waals surface area (Å²) in [7, 11) is -3.61. The Morgan fingerprint density at radius 2 is 1.72 bits per heavy atom. The van der Waals surface area contributed by atoms with Gasteiger partial charge in [-0.05, 0) is 63.2 Å². The number of rotatable bonds is 7. The zero-order valence-corrected chi connectivity index (χ0v) is 25.7. The number of ether oxygens (including phenoxy) is 2. The van der Waals surface area contributed by atoms with E-state index < -0.39 is 39.4 Å². The molecule has 0 unspecified atom stereocenters. The minimum Gasteiger partial charge on any atom is -0.489 e. The summed E-state index contributed by atoms with van der Waals surface area (Å²) in [6, 6.07) is 10.1. The molecule has 0 radical (unpaired) electrons. The van der Waals surface area contributed by atoms with E-state index >= 15 is 0 Å². The van der Waals surface area contributed by atoms with Gasteiger partial charge >= 0.3 is 6.09 Å². The number of carbonyl (C=O) groups is 3. The molecule has 3 heterocycles. The Hall–Kier alpha value is -4.23. The number of halogens is 1. The number of nitrogens with one attached hydrogen (secondary N) is 2. The third kappa shape index (κ3) is 8.64. The summed E-state index contributed by atoms with van der Waals surface area (Å²) >= 11 is 5.86. The molecule has 0 aliphatic carbocycles. The Labute approximate surface area is 254 Å². The van der Waals surface area contributed by atoms with E-state index in [1.54, 1.807) is 37.8 Å². The molecule has 12 nitrogen and oxygen atoms in total. The highest BCUT2D eigenvalue weighted by molar-refractivity contribution is 7.90. The summed E-state index contributed by atoms with van der Waals surface area (Å²) in [4.78, 5) is 48.6. The van der Waals surface area contributed by atoms with E-state index in [1.807, 2.05) is 0 Å². The minimum atomic E-state index is -3.61. The maximum Gasteiger partial charge on any atom is 0.410 e. The molecule has 4 rings (SSSR count). The fourth-order valence-electron chi connectivity index (χ4n) is 4.18. The van der Waals surface area contributed by atoms with Gasteiger partial charge in [-0.15, -0.1) is 0 Å². The third-order valence-electron chi connectivity index (χ3n) is 6.25. The molecule has 1 aliphatic rings. The van der Waals surface area contributed by atoms with E-state index in [2.05, 4.69) is 20.6 Å². The fourth-order valence-corrected chi connectivity index (χ4v) is 4.93. The van der Waals surface area contributed by atoms with Crippen LogP contribution in [0, 0.1) is 0 Å². The van der Waals surface area contributed by atoms with Gasteiger partial charge in [0.15, 0.2) is 15.5 Å². The molecule has 2 N–H and O–H groups in total. The zero-order valence-electron chi connectivity index (χ0n) is 24.1. The molecule has 14 heteroatoms. The lowest BCUT2D eigenvalue weighted by Crippen LogP contribution is -2.44. The number of aromatic nitrogens is 2. The average molecular weight is 630 g/mol. The van der Waals surface area contributed by atoms with E-state index in [9.17, 15) is 22.8 Å². The summed E-state index contributed by atoms with van der Waals surface area (Å²) in [5, 5.41) is 5.68. The highest BCUT2D eigenvalue weighted by atomic mass is 35.5. The molecule has 1 aliphatic heterocycles. The van der Waals surface area contributed by atoms with Gasteiger partial charge in [-0.25, -0.2) is 23.2 Å². The van der Waals surface area contributed by atoms with Gasteiger partial charge in [0.05, 0.1) is 21.2 Å². The second kappa shape index (κ2) is 13.0. The number of sulfone groups is 1. The number of hydrogen-bond acceptors (Lipinski definition) is 9. The van der Waals surface area contributed by atoms with E-state index in [4.69, 9.17) is 21.1 Å². The lowest BCUT2D eigenvalue weighted by atomic mass is 10.1. The summed E-state index contributed by atoms with van der Waals surface area (Å²) in [6.07, 6.45) is 3.89. The van der Waals surface area contributed by atoms with Crippen LogP contribution >= 0.6 is 11.6 Å². The standard InChI is InChI=1S/C29H32ClN5O7S/c1-29(2,3)42-28(38)35-14-11-19(12-15-35)41-23-16-20(43(4,39)40)8-9-21(23)26(36)33-22-6-5-13-31-25(22)27(37)34-24-10-7-18(30)17-32-24/h5-10,13,16-17,19H,11-12,14-15H2,1-4H3,(H,33,36)(H,32,34,37). The van der Waals surface area contributed by atoms with Crippen LogP contribution in [0.5, 0.6) is 5.75 Å². The molecule has 3 aromatic rings. The number of pyridine rings is 2. The van der Waals surface area contributed by atoms with Gasteiger partial charge in [0.1, 0.15) is 23.3 Å². The summed E-state index contributed by atoms with van der Waals surface area (Å²) < 4.78 is 36.2. The lowest BCUT2D eigenvalue weighted by Gasteiger charge is -2.33. The minimum absolute atomic E-state index is 0.0258. The lowest BCUT2D eigenvalue weighted by molar-refractivity contribution is 0.0126. The Morgan fingerprint density at radius 3 is 2.35 bits per heavy atom. The molecule has 0 atom stereocenters. The molecule has 2 aromatic heterocycles. The highest BCUT2D eigenvalue weighted by Crippen LogP contribution is 2.28. The number of likely N-dealkylation sites (tertiary alicyclic amines) is 1. The van der Waals surface area contributed by atoms with Crippen molar-refractivity contribution in [3.63, 3.8) is 0 Å². The van der Waals surface area contributed by atoms with Crippen LogP contribution in [0.2, 0.25) is 5.02 Å². The second-order valence-electron chi connectivity index (χ2n) is 10.9. The van der Waals surface area contributed by atoms with Crippen LogP contribution in [0.1, 0.15) is 54.5 Å². The topological polar surface area (TPSA) is 157 Å². The van der Waals surface area contributed by atoms with Crippen LogP contribution in [0.15, 0.2) is 59.8 Å². The van der Waals surface area contributed by atoms with Crippen LogP contribution in [0.25, 0.3) is 0 Å². The zero-order chi connectivity index (χ0) is 31.4. The van der Waals surface area contributed by atoms with E-state index in [0.717, 1.165) is 6.26 Å². The molecule has 43 heavy (non-hydrogen) atoms. The first kappa shape index (κ1) is 31.7. The number of amides is 3. The van der Waals surface area contributed by atoms with E-state index in [1.165, 1.54) is 42.7 Å². The molecule has 1 saturated heterocycles. The second-order valence-corrected chi connectivity index (χ2v) is 13.3. The van der Waals surface area contributed by atoms with Gasteiger partial charge in [-0.1, -0.05) is 11.6 Å². The molecule has 1 aromatic carbocycles. The monoisotopic (exact) mass is 629 g/mol. The van der Waals surface area contributed by atoms with Crippen LogP contribution in [-0.2, 0) is 14.6 Å². The van der Waals surface area contributed by atoms with E-state index in [0.29, 0.717) is 31.0 Å². The summed E-state index contributed by atoms with van der Waals surface area (Å²) in [5.74, 6) is -0.974. The predicted octanol–water partition coefficient (Wildman–Crippen LogP) is 4.82. The molecular formula is C29H32ClN5O7S. The Balaban J connectivity index is 1.53. The van der Waals surface area contributed by atoms with Crippen LogP contribution < -0.4 is 15.4 Å². The van der Waals surface area contributed by atoms with Gasteiger partial charge in [-0.3, -0.25) is 9.59 Å². The number of benzene rings is 1. The van der Waals surface area contributed by atoms with Crippen molar-refractivity contribution in [2.24, 2.45) is 0 Å². The first-order valence-corrected chi connectivity index (χ1v) is 15.6. The Morgan fingerprint density at radius 1 is 1.00 bits per heavy atom. The van der Waals surface area contributed by atoms with Gasteiger partial charge in [0.2, 0.25) is 0 Å². The number of nitrogens with zero attached hydrogens (tertiary/aromatic N) is 3. The third-order valence-corrected chi connectivity index (χ3v) is 7.59. The van der Waals surface area contributed by atoms with Crippen molar-refractivity contribution in [3.05, 3.63) is 71.1 Å². The van der Waals surface area contributed by atoms with Crippen LogP contribution in [0.3, 0.4) is 0 Å². The number of carbonyl (C=O) groups excluding carboxylic acids is 3. The van der Waals surface area contributed by atoms with Crippen molar-refractivity contribution in [2.45, 2.75) is 50.2 Å². The van der Waals surface area contributed by atoms with Crippen molar-refractivity contribution in [2.75, 3.05) is 30.0 Å². The van der Waals surface area contributed by atoms with Gasteiger partial charge in [0, 0.05) is 44.6 Å². The van der Waals surface area contributed by atoms with Crippen molar-refractivity contribution >= 4 is 50.9 Å². The Bertz CT molecular complexity index is 1620. The van der Waals surface area contributed by atoms with Crippen LogP contribution in [-0.4, -0.2) is 72.2 Å². The van der Waals surface area contributed by atoms with Crippen molar-refractivity contribution < 1.29 is 32.3 Å². The molecule has 0 bridgehead atoms. The summed E-state index contributed by atoms with van der Waals surface area (Å²) in [5.41, 5.74) is -0.531. The van der Waals surface area contributed by atoms with Crippen molar-refractivity contribution in [1.29, 1.82) is 0 Å². The number of piperidine rings is 1. The summed E-state index contributed by atoms with van der Waals surface area (Å²) in [6.45, 7) is 6.10. The average Bonchev–Trinajstić information content (AvgIpc) is 2.93. The quantitative estimate of drug-likeness (QED) is 0.374. The van der Waals surface area contributed by atoms with Gasteiger partial charge in [-0.2, -0.15) is 0 Å². The highest BCUT2D eigenvalue weighted by Gasteiger charge is 2.29. The first-order valence-electron chi connectivity index (χ1n) is 13.4. The molecule has 0 spiro atoms. The SMILES string of the molecule is CC(C)(C)OC(=O)N1CCC(Oc2cc(S(C)(=O)=O)ccc2C(=O)Nc2cccnc2C(=O)Nc2ccc(Cl)cn2)CC1. The Kier molecular flexibility index (Phi) is 9.55. The first-order chi connectivity index (χ1) is 20.2.